The molecular formula is C26H22F5N5O2. The van der Waals surface area contributed by atoms with Crippen molar-refractivity contribution in [1.82, 2.24) is 24.4 Å². The Labute approximate surface area is 214 Å². The molecule has 12 heteroatoms. The minimum absolute atomic E-state index is 0.0353. The van der Waals surface area contributed by atoms with Gasteiger partial charge in [0.05, 0.1) is 19.0 Å². The van der Waals surface area contributed by atoms with Gasteiger partial charge in [-0.3, -0.25) is 9.69 Å². The smallest absolute Gasteiger partial charge is 0.433 e. The summed E-state index contributed by atoms with van der Waals surface area (Å²) in [4.78, 5) is 21.1. The van der Waals surface area contributed by atoms with Crippen LogP contribution in [0.15, 0.2) is 54.7 Å². The van der Waals surface area contributed by atoms with Crippen molar-refractivity contribution in [2.45, 2.75) is 12.7 Å². The van der Waals surface area contributed by atoms with Gasteiger partial charge in [-0.05, 0) is 36.4 Å². The van der Waals surface area contributed by atoms with Gasteiger partial charge in [0.15, 0.2) is 11.3 Å². The topological polar surface area (TPSA) is 63.0 Å². The number of carbonyl (C=O) groups is 1. The Morgan fingerprint density at radius 2 is 1.71 bits per heavy atom. The first-order valence-corrected chi connectivity index (χ1v) is 11.7. The van der Waals surface area contributed by atoms with E-state index in [-0.39, 0.29) is 36.5 Å². The molecule has 1 saturated heterocycles. The van der Waals surface area contributed by atoms with Crippen LogP contribution in [0.2, 0.25) is 0 Å². The molecule has 0 unspecified atom stereocenters. The summed E-state index contributed by atoms with van der Waals surface area (Å²) in [6, 6.07) is 10.7. The van der Waals surface area contributed by atoms with E-state index in [4.69, 9.17) is 4.74 Å². The van der Waals surface area contributed by atoms with E-state index in [1.165, 1.54) is 24.1 Å². The van der Waals surface area contributed by atoms with Gasteiger partial charge in [0.25, 0.3) is 5.91 Å². The van der Waals surface area contributed by atoms with Crippen LogP contribution in [0, 0.1) is 11.6 Å². The first kappa shape index (κ1) is 25.6. The minimum atomic E-state index is -4.74. The minimum Gasteiger partial charge on any atom is -0.497 e. The lowest BCUT2D eigenvalue weighted by Gasteiger charge is -2.34. The van der Waals surface area contributed by atoms with Crippen LogP contribution >= 0.6 is 0 Å². The maximum Gasteiger partial charge on any atom is 0.433 e. The molecule has 0 bridgehead atoms. The van der Waals surface area contributed by atoms with E-state index >= 15 is 0 Å². The maximum absolute atomic E-state index is 14.0. The molecule has 0 aliphatic carbocycles. The van der Waals surface area contributed by atoms with Gasteiger partial charge in [0.1, 0.15) is 22.9 Å². The molecule has 2 aromatic heterocycles. The normalized spacial score (nSPS) is 14.7. The van der Waals surface area contributed by atoms with E-state index < -0.39 is 29.4 Å². The fraction of sp³-hybridized carbons (Fsp3) is 0.269. The Balaban J connectivity index is 1.40. The van der Waals surface area contributed by atoms with Gasteiger partial charge in [-0.25, -0.2) is 18.3 Å². The predicted molar refractivity (Wildman–Crippen MR) is 128 cm³/mol. The second-order valence-electron chi connectivity index (χ2n) is 8.85. The van der Waals surface area contributed by atoms with Crippen LogP contribution < -0.4 is 4.74 Å². The molecule has 1 aliphatic rings. The van der Waals surface area contributed by atoms with Crippen molar-refractivity contribution in [2.24, 2.45) is 0 Å². The number of rotatable bonds is 5. The van der Waals surface area contributed by atoms with Gasteiger partial charge >= 0.3 is 6.18 Å². The lowest BCUT2D eigenvalue weighted by Crippen LogP contribution is -2.48. The Morgan fingerprint density at radius 3 is 2.34 bits per heavy atom. The molecule has 5 rings (SSSR count). The molecule has 3 heterocycles. The predicted octanol–water partition coefficient (Wildman–Crippen LogP) is 4.66. The van der Waals surface area contributed by atoms with Crippen LogP contribution in [-0.4, -0.2) is 63.6 Å². The monoisotopic (exact) mass is 531 g/mol. The number of hydrogen-bond acceptors (Lipinski definition) is 5. The Morgan fingerprint density at radius 1 is 1.00 bits per heavy atom. The lowest BCUT2D eigenvalue weighted by atomic mass is 10.1. The third-order valence-corrected chi connectivity index (χ3v) is 6.45. The number of aromatic nitrogens is 3. The number of nitrogens with zero attached hydrogens (tertiary/aromatic N) is 5. The third kappa shape index (κ3) is 5.03. The number of methoxy groups -OCH3 is 1. The average Bonchev–Trinajstić information content (AvgIpc) is 3.33. The molecule has 0 N–H and O–H groups in total. The van der Waals surface area contributed by atoms with E-state index in [0.717, 1.165) is 18.3 Å². The SMILES string of the molecule is COc1ccc(-c2cc(C(F)(F)F)n3ncc(C(=O)N4CCN(Cc5ccc(F)cc5F)CC4)c3n2)cc1. The van der Waals surface area contributed by atoms with Crippen molar-refractivity contribution in [2.75, 3.05) is 33.3 Å². The highest BCUT2D eigenvalue weighted by atomic mass is 19.4. The zero-order valence-electron chi connectivity index (χ0n) is 20.2. The fourth-order valence-electron chi connectivity index (χ4n) is 4.40. The average molecular weight is 531 g/mol. The molecule has 1 amide bonds. The van der Waals surface area contributed by atoms with E-state index in [1.54, 1.807) is 24.3 Å². The number of hydrogen-bond donors (Lipinski definition) is 0. The summed E-state index contributed by atoms with van der Waals surface area (Å²) in [6.07, 6.45) is -3.64. The van der Waals surface area contributed by atoms with Crippen LogP contribution in [0.4, 0.5) is 22.0 Å². The first-order chi connectivity index (χ1) is 18.1. The molecule has 2 aromatic carbocycles. The van der Waals surface area contributed by atoms with Crippen LogP contribution in [-0.2, 0) is 12.7 Å². The number of ether oxygens (including phenoxy) is 1. The van der Waals surface area contributed by atoms with Crippen LogP contribution in [0.1, 0.15) is 21.6 Å². The highest BCUT2D eigenvalue weighted by molar-refractivity contribution is 6.00. The van der Waals surface area contributed by atoms with E-state index in [0.29, 0.717) is 34.5 Å². The van der Waals surface area contributed by atoms with Crippen molar-refractivity contribution in [3.8, 4) is 17.0 Å². The molecule has 0 spiro atoms. The van der Waals surface area contributed by atoms with Gasteiger partial charge in [-0.2, -0.15) is 18.3 Å². The Bertz CT molecular complexity index is 1480. The second kappa shape index (κ2) is 10.0. The van der Waals surface area contributed by atoms with Crippen molar-refractivity contribution >= 4 is 11.6 Å². The molecule has 198 valence electrons. The van der Waals surface area contributed by atoms with E-state index in [1.807, 2.05) is 4.90 Å². The summed E-state index contributed by atoms with van der Waals surface area (Å²) in [7, 11) is 1.48. The quantitative estimate of drug-likeness (QED) is 0.351. The summed E-state index contributed by atoms with van der Waals surface area (Å²) in [5.74, 6) is -1.27. The number of halogens is 5. The number of alkyl halides is 3. The lowest BCUT2D eigenvalue weighted by molar-refractivity contribution is -0.142. The molecule has 0 atom stereocenters. The van der Waals surface area contributed by atoms with Gasteiger partial charge < -0.3 is 9.64 Å². The molecule has 38 heavy (non-hydrogen) atoms. The van der Waals surface area contributed by atoms with Crippen LogP contribution in [0.25, 0.3) is 16.9 Å². The standard InChI is InChI=1S/C26H22F5N5O2/c1-38-19-6-3-16(4-7-19)22-13-23(26(29,30)31)36-24(33-22)20(14-32-36)25(37)35-10-8-34(9-11-35)15-17-2-5-18(27)12-21(17)28/h2-7,12-14H,8-11,15H2,1H3. The van der Waals surface area contributed by atoms with Crippen molar-refractivity contribution in [3.63, 3.8) is 0 Å². The van der Waals surface area contributed by atoms with E-state index in [9.17, 15) is 26.7 Å². The number of piperazine rings is 1. The van der Waals surface area contributed by atoms with Gasteiger partial charge in [-0.15, -0.1) is 0 Å². The Hall–Kier alpha value is -4.06. The third-order valence-electron chi connectivity index (χ3n) is 6.45. The second-order valence-corrected chi connectivity index (χ2v) is 8.85. The van der Waals surface area contributed by atoms with Crippen molar-refractivity contribution in [1.29, 1.82) is 0 Å². The summed E-state index contributed by atoms with van der Waals surface area (Å²) in [6.45, 7) is 1.58. The summed E-state index contributed by atoms with van der Waals surface area (Å²) in [5.41, 5.74) is -0.522. The molecule has 4 aromatic rings. The van der Waals surface area contributed by atoms with Gasteiger partial charge in [0.2, 0.25) is 0 Å². The molecule has 1 fully saturated rings. The molecule has 0 saturated carbocycles. The van der Waals surface area contributed by atoms with Crippen LogP contribution in [0.3, 0.4) is 0 Å². The summed E-state index contributed by atoms with van der Waals surface area (Å²) in [5, 5.41) is 3.83. The largest absolute Gasteiger partial charge is 0.497 e. The number of benzene rings is 2. The highest BCUT2D eigenvalue weighted by Crippen LogP contribution is 2.33. The summed E-state index contributed by atoms with van der Waals surface area (Å²) < 4.78 is 74.7. The van der Waals surface area contributed by atoms with Crippen molar-refractivity contribution < 1.29 is 31.5 Å². The van der Waals surface area contributed by atoms with Crippen molar-refractivity contribution in [3.05, 3.63) is 83.2 Å². The molecular weight excluding hydrogens is 509 g/mol. The maximum atomic E-state index is 14.0. The number of carbonyl (C=O) groups excluding carboxylic acids is 1. The van der Waals surface area contributed by atoms with Crippen LogP contribution in [0.5, 0.6) is 5.75 Å². The zero-order valence-corrected chi connectivity index (χ0v) is 20.2. The number of amides is 1. The highest BCUT2D eigenvalue weighted by Gasteiger charge is 2.36. The number of fused-ring (bicyclic) bond motifs is 1. The fourth-order valence-corrected chi connectivity index (χ4v) is 4.40. The molecule has 1 aliphatic heterocycles. The first-order valence-electron chi connectivity index (χ1n) is 11.7. The molecule has 0 radical (unpaired) electrons. The van der Waals surface area contributed by atoms with E-state index in [2.05, 4.69) is 10.1 Å². The molecule has 7 nitrogen and oxygen atoms in total. The Kier molecular flexibility index (Phi) is 6.74. The zero-order chi connectivity index (χ0) is 27.0. The van der Waals surface area contributed by atoms with Gasteiger partial charge in [0, 0.05) is 49.9 Å². The van der Waals surface area contributed by atoms with Gasteiger partial charge in [-0.1, -0.05) is 6.07 Å². The summed E-state index contributed by atoms with van der Waals surface area (Å²) >= 11 is 0.